The predicted molar refractivity (Wildman–Crippen MR) is 182 cm³/mol. The summed E-state index contributed by atoms with van der Waals surface area (Å²) in [6.45, 7) is 14.7. The molecule has 2 fully saturated rings. The third-order valence-corrected chi connectivity index (χ3v) is 10.4. The first kappa shape index (κ1) is 31.1. The molecule has 0 amide bonds. The minimum atomic E-state index is -0.481. The maximum absolute atomic E-state index is 6.02. The molecule has 0 radical (unpaired) electrons. The van der Waals surface area contributed by atoms with E-state index in [1.807, 2.05) is 12.1 Å². The minimum absolute atomic E-state index is 0.415. The number of benzene rings is 2. The molecule has 10 nitrogen and oxygen atoms in total. The van der Waals surface area contributed by atoms with Gasteiger partial charge in [0.25, 0.3) is 0 Å². The highest BCUT2D eigenvalue weighted by Crippen LogP contribution is 2.42. The number of hydrogen-bond donors (Lipinski definition) is 2. The van der Waals surface area contributed by atoms with Crippen molar-refractivity contribution in [2.24, 2.45) is 0 Å². The smallest absolute Gasteiger partial charge is 0.229 e. The molecule has 4 heterocycles. The van der Waals surface area contributed by atoms with Crippen LogP contribution in [0.1, 0.15) is 25.3 Å². The standard InChI is InChI=1S/C32H42BrN6O4P/c1-6-41-22-18-39(19-22)21-9-11-38(12-10-21)26-16-28(40-3)25(15-20(26)2)36-32-34-17-23(33)31(37-32)35-24-7-8-27-29(30(24)44(4)5)43-14-13-42-27/h7-8,15-17,21-22H,6,9-14,18-19H2,1-5H3,(H2,34,35,36,37). The first-order chi connectivity index (χ1) is 21.3. The molecule has 0 atom stereocenters. The maximum atomic E-state index is 6.02. The number of piperidine rings is 1. The Morgan fingerprint density at radius 3 is 2.57 bits per heavy atom. The molecule has 12 heteroatoms. The number of nitrogens with zero attached hydrogens (tertiary/aromatic N) is 4. The number of halogens is 1. The van der Waals surface area contributed by atoms with Crippen LogP contribution in [0.2, 0.25) is 0 Å². The minimum Gasteiger partial charge on any atom is -0.494 e. The molecule has 3 aliphatic rings. The number of nitrogens with one attached hydrogen (secondary N) is 2. The molecular weight excluding hydrogens is 643 g/mol. The summed E-state index contributed by atoms with van der Waals surface area (Å²) in [6, 6.07) is 8.89. The van der Waals surface area contributed by atoms with Gasteiger partial charge in [0.15, 0.2) is 11.5 Å². The van der Waals surface area contributed by atoms with Crippen LogP contribution in [0.15, 0.2) is 34.9 Å². The summed E-state index contributed by atoms with van der Waals surface area (Å²) in [7, 11) is 1.22. The predicted octanol–water partition coefficient (Wildman–Crippen LogP) is 5.87. The molecule has 0 aliphatic carbocycles. The van der Waals surface area contributed by atoms with Gasteiger partial charge in [0.2, 0.25) is 5.95 Å². The van der Waals surface area contributed by atoms with Gasteiger partial charge >= 0.3 is 0 Å². The van der Waals surface area contributed by atoms with E-state index in [0.29, 0.717) is 37.1 Å². The Hall–Kier alpha value is -2.85. The van der Waals surface area contributed by atoms with E-state index in [2.05, 4.69) is 80.7 Å². The zero-order chi connectivity index (χ0) is 30.8. The van der Waals surface area contributed by atoms with E-state index in [1.54, 1.807) is 13.3 Å². The fourth-order valence-corrected chi connectivity index (χ4v) is 7.76. The molecule has 0 unspecified atom stereocenters. The quantitative estimate of drug-likeness (QED) is 0.253. The lowest BCUT2D eigenvalue weighted by molar-refractivity contribution is -0.0712. The number of hydrogen-bond acceptors (Lipinski definition) is 10. The second-order valence-corrected chi connectivity index (χ2v) is 14.7. The molecule has 6 rings (SSSR count). The largest absolute Gasteiger partial charge is 0.494 e. The van der Waals surface area contributed by atoms with Gasteiger partial charge in [-0.25, -0.2) is 4.98 Å². The number of aryl methyl sites for hydroxylation is 1. The van der Waals surface area contributed by atoms with Gasteiger partial charge in [0.05, 0.1) is 29.1 Å². The van der Waals surface area contributed by atoms with E-state index in [0.717, 1.165) is 84.0 Å². The van der Waals surface area contributed by atoms with Crippen LogP contribution in [0, 0.1) is 6.92 Å². The molecule has 1 aromatic heterocycles. The van der Waals surface area contributed by atoms with Crippen molar-refractivity contribution in [1.82, 2.24) is 14.9 Å². The van der Waals surface area contributed by atoms with Crippen molar-refractivity contribution in [3.63, 3.8) is 0 Å². The zero-order valence-corrected chi connectivity index (χ0v) is 28.6. The van der Waals surface area contributed by atoms with Crippen LogP contribution in [0.25, 0.3) is 0 Å². The monoisotopic (exact) mass is 684 g/mol. The number of rotatable bonds is 10. The third kappa shape index (κ3) is 6.57. The highest BCUT2D eigenvalue weighted by atomic mass is 79.9. The number of methoxy groups -OCH3 is 1. The van der Waals surface area contributed by atoms with Crippen molar-refractivity contribution in [2.75, 3.05) is 82.0 Å². The zero-order valence-electron chi connectivity index (χ0n) is 26.2. The van der Waals surface area contributed by atoms with Crippen molar-refractivity contribution < 1.29 is 18.9 Å². The van der Waals surface area contributed by atoms with Crippen LogP contribution in [-0.2, 0) is 4.74 Å². The van der Waals surface area contributed by atoms with Gasteiger partial charge in [-0.3, -0.25) is 4.90 Å². The Labute approximate surface area is 269 Å². The molecular formula is C32H42BrN6O4P. The van der Waals surface area contributed by atoms with E-state index >= 15 is 0 Å². The van der Waals surface area contributed by atoms with Crippen molar-refractivity contribution in [3.05, 3.63) is 40.5 Å². The number of ether oxygens (including phenoxy) is 4. The highest BCUT2D eigenvalue weighted by Gasteiger charge is 2.34. The summed E-state index contributed by atoms with van der Waals surface area (Å²) >= 11 is 3.63. The fraction of sp³-hybridized carbons (Fsp3) is 0.500. The van der Waals surface area contributed by atoms with E-state index < -0.39 is 7.92 Å². The topological polar surface area (TPSA) is 93.2 Å². The van der Waals surface area contributed by atoms with Crippen molar-refractivity contribution >= 4 is 58.0 Å². The lowest BCUT2D eigenvalue weighted by Gasteiger charge is -2.47. The number of fused-ring (bicyclic) bond motifs is 1. The van der Waals surface area contributed by atoms with Gasteiger partial charge in [0, 0.05) is 62.1 Å². The molecule has 2 saturated heterocycles. The number of anilines is 5. The van der Waals surface area contributed by atoms with Crippen LogP contribution in [0.3, 0.4) is 0 Å². The van der Waals surface area contributed by atoms with Crippen LogP contribution in [0.4, 0.5) is 28.8 Å². The molecule has 2 aromatic carbocycles. The van der Waals surface area contributed by atoms with Crippen LogP contribution in [0.5, 0.6) is 17.2 Å². The average molecular weight is 686 g/mol. The van der Waals surface area contributed by atoms with E-state index in [1.165, 1.54) is 11.3 Å². The van der Waals surface area contributed by atoms with E-state index in [4.69, 9.17) is 23.9 Å². The van der Waals surface area contributed by atoms with Crippen molar-refractivity contribution in [1.29, 1.82) is 0 Å². The van der Waals surface area contributed by atoms with Crippen molar-refractivity contribution in [3.8, 4) is 17.2 Å². The van der Waals surface area contributed by atoms with Gasteiger partial charge < -0.3 is 34.5 Å². The average Bonchev–Trinajstić information content (AvgIpc) is 3.00. The van der Waals surface area contributed by atoms with Crippen LogP contribution in [-0.4, -0.2) is 93.5 Å². The summed E-state index contributed by atoms with van der Waals surface area (Å²) in [5, 5.41) is 8.03. The second kappa shape index (κ2) is 13.6. The number of likely N-dealkylation sites (tertiary alicyclic amines) is 1. The summed E-state index contributed by atoms with van der Waals surface area (Å²) < 4.78 is 24.2. The Morgan fingerprint density at radius 1 is 1.07 bits per heavy atom. The first-order valence-electron chi connectivity index (χ1n) is 15.3. The van der Waals surface area contributed by atoms with E-state index in [9.17, 15) is 0 Å². The fourth-order valence-electron chi connectivity index (χ4n) is 6.27. The molecule has 3 aromatic rings. The van der Waals surface area contributed by atoms with Gasteiger partial charge in [0.1, 0.15) is 24.8 Å². The summed E-state index contributed by atoms with van der Waals surface area (Å²) in [5.74, 6) is 3.49. The molecule has 0 spiro atoms. The molecule has 44 heavy (non-hydrogen) atoms. The Morgan fingerprint density at radius 2 is 1.84 bits per heavy atom. The summed E-state index contributed by atoms with van der Waals surface area (Å²) in [6.07, 6.45) is 4.48. The number of aromatic nitrogens is 2. The second-order valence-electron chi connectivity index (χ2n) is 11.6. The van der Waals surface area contributed by atoms with E-state index in [-0.39, 0.29) is 0 Å². The molecule has 3 aliphatic heterocycles. The Balaban J connectivity index is 1.16. The van der Waals surface area contributed by atoms with Crippen LogP contribution < -0.4 is 35.0 Å². The molecule has 2 N–H and O–H groups in total. The SMILES string of the molecule is CCOC1CN(C2CCN(c3cc(OC)c(Nc4ncc(Br)c(Nc5ccc6c(c5P(C)C)OCCO6)n4)cc3C)CC2)C1. The van der Waals surface area contributed by atoms with Crippen molar-refractivity contribution in [2.45, 2.75) is 38.8 Å². The highest BCUT2D eigenvalue weighted by molar-refractivity contribution is 9.10. The van der Waals surface area contributed by atoms with Gasteiger partial charge in [-0.15, -0.1) is 0 Å². The maximum Gasteiger partial charge on any atom is 0.229 e. The molecule has 236 valence electrons. The van der Waals surface area contributed by atoms with Gasteiger partial charge in [-0.05, 0) is 79.7 Å². The lowest BCUT2D eigenvalue weighted by atomic mass is 9.97. The summed E-state index contributed by atoms with van der Waals surface area (Å²) in [4.78, 5) is 14.4. The van der Waals surface area contributed by atoms with Gasteiger partial charge in [-0.1, -0.05) is 7.92 Å². The summed E-state index contributed by atoms with van der Waals surface area (Å²) in [5.41, 5.74) is 4.16. The van der Waals surface area contributed by atoms with Gasteiger partial charge in [-0.2, -0.15) is 4.98 Å². The molecule has 0 saturated carbocycles. The third-order valence-electron chi connectivity index (χ3n) is 8.49. The Bertz CT molecular complexity index is 1480. The first-order valence-corrected chi connectivity index (χ1v) is 18.3. The van der Waals surface area contributed by atoms with Crippen LogP contribution >= 0.6 is 23.9 Å². The normalized spacial score (nSPS) is 17.5. The molecule has 0 bridgehead atoms. The lowest BCUT2D eigenvalue weighted by Crippen LogP contribution is -2.58. The Kier molecular flexibility index (Phi) is 9.66.